The third-order valence-electron chi connectivity index (χ3n) is 3.25. The van der Waals surface area contributed by atoms with E-state index in [2.05, 4.69) is 20.6 Å². The van der Waals surface area contributed by atoms with Gasteiger partial charge in [-0.1, -0.05) is 5.21 Å². The van der Waals surface area contributed by atoms with Gasteiger partial charge in [0.1, 0.15) is 11.7 Å². The third kappa shape index (κ3) is 2.32. The van der Waals surface area contributed by atoms with Gasteiger partial charge in [0.2, 0.25) is 0 Å². The van der Waals surface area contributed by atoms with Crippen LogP contribution in [-0.2, 0) is 4.79 Å². The molecule has 0 bridgehead atoms. The van der Waals surface area contributed by atoms with E-state index in [0.717, 1.165) is 11.3 Å². The van der Waals surface area contributed by atoms with E-state index in [1.807, 2.05) is 18.3 Å². The maximum atomic E-state index is 10.9. The van der Waals surface area contributed by atoms with Crippen molar-refractivity contribution in [2.24, 2.45) is 0 Å². The van der Waals surface area contributed by atoms with Gasteiger partial charge in [-0.3, -0.25) is 9.78 Å². The Balaban J connectivity index is 1.78. The largest absolute Gasteiger partial charge is 0.480 e. The van der Waals surface area contributed by atoms with Crippen LogP contribution in [0.2, 0.25) is 0 Å². The average Bonchev–Trinajstić information content (AvgIpc) is 3.09. The summed E-state index contributed by atoms with van der Waals surface area (Å²) < 4.78 is 1.72. The highest BCUT2D eigenvalue weighted by Gasteiger charge is 2.30. The van der Waals surface area contributed by atoms with Crippen molar-refractivity contribution in [3.05, 3.63) is 30.7 Å². The highest BCUT2D eigenvalue weighted by Crippen LogP contribution is 2.21. The third-order valence-corrected chi connectivity index (χ3v) is 3.25. The van der Waals surface area contributed by atoms with Crippen molar-refractivity contribution in [2.75, 3.05) is 6.54 Å². The van der Waals surface area contributed by atoms with E-state index in [4.69, 9.17) is 5.11 Å². The molecule has 1 aliphatic rings. The minimum Gasteiger partial charge on any atom is -0.480 e. The van der Waals surface area contributed by atoms with Crippen LogP contribution in [0.5, 0.6) is 0 Å². The number of aromatic nitrogens is 4. The molecular formula is C12H13N5O2. The monoisotopic (exact) mass is 259 g/mol. The van der Waals surface area contributed by atoms with Crippen molar-refractivity contribution in [3.63, 3.8) is 0 Å². The SMILES string of the molecule is O=C(O)[C@@H]1C[C@H](n2cc(-c3cccnc3)nn2)CN1. The molecule has 98 valence electrons. The summed E-state index contributed by atoms with van der Waals surface area (Å²) in [6, 6.07) is 3.27. The second kappa shape index (κ2) is 4.77. The quantitative estimate of drug-likeness (QED) is 0.825. The maximum absolute atomic E-state index is 10.9. The van der Waals surface area contributed by atoms with Gasteiger partial charge in [-0.2, -0.15) is 0 Å². The number of carboxylic acids is 1. The summed E-state index contributed by atoms with van der Waals surface area (Å²) in [7, 11) is 0. The predicted molar refractivity (Wildman–Crippen MR) is 66.3 cm³/mol. The summed E-state index contributed by atoms with van der Waals surface area (Å²) in [5.41, 5.74) is 1.64. The summed E-state index contributed by atoms with van der Waals surface area (Å²) in [6.45, 7) is 0.590. The molecule has 3 rings (SSSR count). The van der Waals surface area contributed by atoms with Crippen molar-refractivity contribution in [1.82, 2.24) is 25.3 Å². The Morgan fingerprint density at radius 2 is 2.42 bits per heavy atom. The van der Waals surface area contributed by atoms with Gasteiger partial charge in [0.25, 0.3) is 0 Å². The first kappa shape index (κ1) is 11.8. The van der Waals surface area contributed by atoms with Gasteiger partial charge in [-0.25, -0.2) is 4.68 Å². The lowest BCUT2D eigenvalue weighted by Crippen LogP contribution is -2.29. The molecule has 0 spiro atoms. The maximum Gasteiger partial charge on any atom is 0.320 e. The Bertz CT molecular complexity index is 583. The van der Waals surface area contributed by atoms with Gasteiger partial charge in [0, 0.05) is 24.5 Å². The highest BCUT2D eigenvalue weighted by atomic mass is 16.4. The standard InChI is InChI=1S/C12H13N5O2/c18-12(19)10-4-9(6-14-10)17-7-11(15-16-17)8-2-1-3-13-5-8/h1-3,5,7,9-10,14H,4,6H2,(H,18,19)/t9-,10-/m0/s1. The van der Waals surface area contributed by atoms with Gasteiger partial charge in [-0.05, 0) is 18.6 Å². The van der Waals surface area contributed by atoms with Crippen molar-refractivity contribution in [3.8, 4) is 11.3 Å². The number of carboxylic acid groups (broad SMARTS) is 1. The van der Waals surface area contributed by atoms with Crippen molar-refractivity contribution in [2.45, 2.75) is 18.5 Å². The van der Waals surface area contributed by atoms with E-state index in [1.54, 1.807) is 17.1 Å². The minimum atomic E-state index is -0.824. The molecule has 0 aromatic carbocycles. The number of aliphatic carboxylic acids is 1. The van der Waals surface area contributed by atoms with E-state index in [-0.39, 0.29) is 6.04 Å². The van der Waals surface area contributed by atoms with Crippen LogP contribution in [0.1, 0.15) is 12.5 Å². The number of carbonyl (C=O) groups is 1. The number of pyridine rings is 1. The van der Waals surface area contributed by atoms with E-state index in [0.29, 0.717) is 13.0 Å². The second-order valence-corrected chi connectivity index (χ2v) is 4.51. The molecule has 2 aromatic rings. The first-order valence-electron chi connectivity index (χ1n) is 6.02. The van der Waals surface area contributed by atoms with Crippen LogP contribution >= 0.6 is 0 Å². The fraction of sp³-hybridized carbons (Fsp3) is 0.333. The fourth-order valence-electron chi connectivity index (χ4n) is 2.21. The topological polar surface area (TPSA) is 92.9 Å². The molecule has 0 radical (unpaired) electrons. The molecule has 0 unspecified atom stereocenters. The Morgan fingerprint density at radius 3 is 3.11 bits per heavy atom. The normalized spacial score (nSPS) is 22.5. The lowest BCUT2D eigenvalue weighted by atomic mass is 10.2. The molecule has 7 nitrogen and oxygen atoms in total. The van der Waals surface area contributed by atoms with E-state index in [9.17, 15) is 4.79 Å². The average molecular weight is 259 g/mol. The first-order chi connectivity index (χ1) is 9.24. The first-order valence-corrected chi connectivity index (χ1v) is 6.02. The molecule has 3 heterocycles. The Morgan fingerprint density at radius 1 is 1.53 bits per heavy atom. The fourth-order valence-corrected chi connectivity index (χ4v) is 2.21. The lowest BCUT2D eigenvalue weighted by Gasteiger charge is -2.06. The number of hydrogen-bond acceptors (Lipinski definition) is 5. The molecule has 1 aliphatic heterocycles. The summed E-state index contributed by atoms with van der Waals surface area (Å²) in [4.78, 5) is 14.9. The zero-order chi connectivity index (χ0) is 13.2. The molecule has 0 saturated carbocycles. The lowest BCUT2D eigenvalue weighted by molar-refractivity contribution is -0.139. The van der Waals surface area contributed by atoms with E-state index in [1.165, 1.54) is 0 Å². The smallest absolute Gasteiger partial charge is 0.320 e. The van der Waals surface area contributed by atoms with Crippen LogP contribution in [0.15, 0.2) is 30.7 Å². The molecular weight excluding hydrogens is 246 g/mol. The molecule has 0 aliphatic carbocycles. The predicted octanol–water partition coefficient (Wildman–Crippen LogP) is 0.328. The highest BCUT2D eigenvalue weighted by molar-refractivity contribution is 5.73. The molecule has 7 heteroatoms. The molecule has 2 N–H and O–H groups in total. The number of rotatable bonds is 3. The van der Waals surface area contributed by atoms with E-state index >= 15 is 0 Å². The van der Waals surface area contributed by atoms with Crippen LogP contribution in [0, 0.1) is 0 Å². The number of hydrogen-bond donors (Lipinski definition) is 2. The summed E-state index contributed by atoms with van der Waals surface area (Å²) in [5, 5.41) is 20.1. The molecule has 2 atom stereocenters. The molecule has 0 amide bonds. The van der Waals surface area contributed by atoms with Crippen molar-refractivity contribution < 1.29 is 9.90 Å². The van der Waals surface area contributed by atoms with Crippen molar-refractivity contribution >= 4 is 5.97 Å². The number of nitrogens with zero attached hydrogens (tertiary/aromatic N) is 4. The van der Waals surface area contributed by atoms with Crippen LogP contribution in [-0.4, -0.2) is 43.6 Å². The zero-order valence-electron chi connectivity index (χ0n) is 10.1. The Hall–Kier alpha value is -2.28. The van der Waals surface area contributed by atoms with Gasteiger partial charge in [-0.15, -0.1) is 5.10 Å². The molecule has 2 aromatic heterocycles. The van der Waals surface area contributed by atoms with Gasteiger partial charge in [0.15, 0.2) is 0 Å². The summed E-state index contributed by atoms with van der Waals surface area (Å²) >= 11 is 0. The van der Waals surface area contributed by atoms with Gasteiger partial charge >= 0.3 is 5.97 Å². The minimum absolute atomic E-state index is 0.0269. The van der Waals surface area contributed by atoms with Crippen LogP contribution in [0.4, 0.5) is 0 Å². The van der Waals surface area contributed by atoms with Crippen LogP contribution in [0.3, 0.4) is 0 Å². The van der Waals surface area contributed by atoms with Gasteiger partial charge < -0.3 is 10.4 Å². The molecule has 1 fully saturated rings. The van der Waals surface area contributed by atoms with Crippen LogP contribution in [0.25, 0.3) is 11.3 Å². The summed E-state index contributed by atoms with van der Waals surface area (Å²) in [6.07, 6.45) is 5.77. The van der Waals surface area contributed by atoms with Crippen molar-refractivity contribution in [1.29, 1.82) is 0 Å². The Kier molecular flexibility index (Phi) is 2.96. The van der Waals surface area contributed by atoms with E-state index < -0.39 is 12.0 Å². The molecule has 1 saturated heterocycles. The zero-order valence-corrected chi connectivity index (χ0v) is 10.1. The van der Waals surface area contributed by atoms with Gasteiger partial charge in [0.05, 0.1) is 12.2 Å². The number of nitrogens with one attached hydrogen (secondary N) is 1. The Labute approximate surface area is 109 Å². The molecule has 19 heavy (non-hydrogen) atoms. The second-order valence-electron chi connectivity index (χ2n) is 4.51. The summed E-state index contributed by atoms with van der Waals surface area (Å²) in [5.74, 6) is -0.824. The van der Waals surface area contributed by atoms with Crippen LogP contribution < -0.4 is 5.32 Å².